The second kappa shape index (κ2) is 7.11. The molecule has 0 aromatic heterocycles. The van der Waals surface area contributed by atoms with E-state index < -0.39 is 8.32 Å². The molecular weight excluding hydrogens is 304 g/mol. The lowest BCUT2D eigenvalue weighted by atomic mass is 9.99. The highest BCUT2D eigenvalue weighted by Crippen LogP contribution is 2.30. The Kier molecular flexibility index (Phi) is 5.39. The van der Waals surface area contributed by atoms with Crippen LogP contribution in [0.3, 0.4) is 0 Å². The van der Waals surface area contributed by atoms with Crippen molar-refractivity contribution in [2.24, 2.45) is 0 Å². The van der Waals surface area contributed by atoms with Crippen LogP contribution >= 0.6 is 0 Å². The molecule has 0 N–H and O–H groups in total. The summed E-state index contributed by atoms with van der Waals surface area (Å²) in [6.07, 6.45) is -0.117. The average molecular weight is 328 g/mol. The predicted molar refractivity (Wildman–Crippen MR) is 95.2 cm³/mol. The number of carbonyl (C=O) groups is 1. The van der Waals surface area contributed by atoms with Gasteiger partial charge < -0.3 is 9.16 Å². The van der Waals surface area contributed by atoms with Gasteiger partial charge in [0.05, 0.1) is 18.8 Å². The van der Waals surface area contributed by atoms with Crippen LogP contribution in [0.25, 0.3) is 0 Å². The Morgan fingerprint density at radius 1 is 1.00 bits per heavy atom. The minimum atomic E-state index is -1.74. The molecule has 4 heteroatoms. The van der Waals surface area contributed by atoms with Crippen molar-refractivity contribution in [2.75, 3.05) is 7.11 Å². The zero-order valence-corrected chi connectivity index (χ0v) is 15.4. The molecule has 0 amide bonds. The summed E-state index contributed by atoms with van der Waals surface area (Å²) in [5.74, 6) is -0.324. The summed E-state index contributed by atoms with van der Waals surface area (Å²) >= 11 is 0. The lowest BCUT2D eigenvalue weighted by Gasteiger charge is -2.27. The van der Waals surface area contributed by atoms with Gasteiger partial charge in [0, 0.05) is 0 Å². The molecule has 0 aliphatic carbocycles. The highest BCUT2D eigenvalue weighted by Gasteiger charge is 2.24. The summed E-state index contributed by atoms with van der Waals surface area (Å²) in [5, 5.41) is 0. The largest absolute Gasteiger partial charge is 0.465 e. The highest BCUT2D eigenvalue weighted by molar-refractivity contribution is 6.69. The highest BCUT2D eigenvalue weighted by atomic mass is 28.4. The molecule has 2 aromatic carbocycles. The molecule has 2 rings (SSSR count). The SMILES string of the molecule is COC(=O)c1ccc(C(O[Si](C)(C)C)c2cccc(C)c2)cc1. The van der Waals surface area contributed by atoms with Gasteiger partial charge in [-0.2, -0.15) is 0 Å². The molecule has 2 aromatic rings. The van der Waals surface area contributed by atoms with Gasteiger partial charge in [-0.3, -0.25) is 0 Å². The number of rotatable bonds is 5. The number of aryl methyl sites for hydroxylation is 1. The molecular formula is C19H24O3Si. The Balaban J connectivity index is 2.39. The van der Waals surface area contributed by atoms with Crippen molar-refractivity contribution in [1.82, 2.24) is 0 Å². The first kappa shape index (κ1) is 17.4. The minimum Gasteiger partial charge on any atom is -0.465 e. The monoisotopic (exact) mass is 328 g/mol. The molecule has 0 radical (unpaired) electrons. The van der Waals surface area contributed by atoms with Gasteiger partial charge in [-0.05, 0) is 49.8 Å². The van der Waals surface area contributed by atoms with Gasteiger partial charge in [-0.25, -0.2) is 4.79 Å². The molecule has 23 heavy (non-hydrogen) atoms. The molecule has 0 fully saturated rings. The number of carbonyl (C=O) groups excluding carboxylic acids is 1. The van der Waals surface area contributed by atoms with Gasteiger partial charge in [0.25, 0.3) is 0 Å². The van der Waals surface area contributed by atoms with E-state index in [-0.39, 0.29) is 12.1 Å². The van der Waals surface area contributed by atoms with Gasteiger partial charge in [0.15, 0.2) is 8.32 Å². The Morgan fingerprint density at radius 2 is 1.65 bits per heavy atom. The van der Waals surface area contributed by atoms with Crippen molar-refractivity contribution in [1.29, 1.82) is 0 Å². The summed E-state index contributed by atoms with van der Waals surface area (Å²) in [6, 6.07) is 15.8. The fraction of sp³-hybridized carbons (Fsp3) is 0.316. The molecule has 0 saturated heterocycles. The average Bonchev–Trinajstić information content (AvgIpc) is 2.51. The molecule has 0 heterocycles. The maximum Gasteiger partial charge on any atom is 0.337 e. The zero-order valence-electron chi connectivity index (χ0n) is 14.4. The van der Waals surface area contributed by atoms with Crippen molar-refractivity contribution in [3.05, 3.63) is 70.8 Å². The summed E-state index contributed by atoms with van der Waals surface area (Å²) < 4.78 is 11.2. The van der Waals surface area contributed by atoms with E-state index in [0.717, 1.165) is 11.1 Å². The van der Waals surface area contributed by atoms with E-state index in [1.54, 1.807) is 12.1 Å². The number of benzene rings is 2. The van der Waals surface area contributed by atoms with Crippen LogP contribution in [0, 0.1) is 6.92 Å². The summed E-state index contributed by atoms with van der Waals surface area (Å²) in [6.45, 7) is 8.62. The van der Waals surface area contributed by atoms with Crippen LogP contribution in [0.4, 0.5) is 0 Å². The first-order chi connectivity index (χ1) is 10.8. The third-order valence-corrected chi connectivity index (χ3v) is 4.39. The maximum absolute atomic E-state index is 11.6. The third kappa shape index (κ3) is 4.78. The van der Waals surface area contributed by atoms with E-state index in [1.165, 1.54) is 12.7 Å². The summed E-state index contributed by atoms with van der Waals surface area (Å²) in [5.41, 5.74) is 3.94. The van der Waals surface area contributed by atoms with Crippen molar-refractivity contribution in [3.8, 4) is 0 Å². The molecule has 122 valence electrons. The Hall–Kier alpha value is -1.91. The molecule has 0 saturated carbocycles. The van der Waals surface area contributed by atoms with E-state index in [2.05, 4.69) is 44.8 Å². The lowest BCUT2D eigenvalue weighted by Crippen LogP contribution is -2.28. The van der Waals surface area contributed by atoms with E-state index in [0.29, 0.717) is 5.56 Å². The molecule has 1 atom stereocenters. The van der Waals surface area contributed by atoms with Crippen LogP contribution in [0.2, 0.25) is 19.6 Å². The van der Waals surface area contributed by atoms with Crippen LogP contribution in [0.1, 0.15) is 33.2 Å². The first-order valence-corrected chi connectivity index (χ1v) is 11.1. The summed E-state index contributed by atoms with van der Waals surface area (Å²) in [4.78, 5) is 11.6. The predicted octanol–water partition coefficient (Wildman–Crippen LogP) is 4.72. The molecule has 0 bridgehead atoms. The standard InChI is InChI=1S/C19H24O3Si/c1-14-7-6-8-17(13-14)18(22-23(3,4)5)15-9-11-16(12-10-15)19(20)21-2/h6-13,18H,1-5H3. The number of hydrogen-bond donors (Lipinski definition) is 0. The summed E-state index contributed by atoms with van der Waals surface area (Å²) in [7, 11) is -0.348. The second-order valence-electron chi connectivity index (χ2n) is 6.64. The number of esters is 1. The fourth-order valence-electron chi connectivity index (χ4n) is 2.43. The first-order valence-electron chi connectivity index (χ1n) is 7.73. The molecule has 0 spiro atoms. The smallest absolute Gasteiger partial charge is 0.337 e. The molecule has 0 aliphatic rings. The fourth-order valence-corrected chi connectivity index (χ4v) is 3.41. The number of ether oxygens (including phenoxy) is 1. The van der Waals surface area contributed by atoms with Gasteiger partial charge in [0.2, 0.25) is 0 Å². The van der Waals surface area contributed by atoms with Crippen LogP contribution < -0.4 is 0 Å². The van der Waals surface area contributed by atoms with E-state index in [1.807, 2.05) is 18.2 Å². The Morgan fingerprint density at radius 3 is 2.17 bits per heavy atom. The Bertz CT molecular complexity index is 672. The zero-order chi connectivity index (χ0) is 17.0. The van der Waals surface area contributed by atoms with E-state index >= 15 is 0 Å². The van der Waals surface area contributed by atoms with Crippen molar-refractivity contribution < 1.29 is 14.0 Å². The van der Waals surface area contributed by atoms with Crippen LogP contribution in [-0.2, 0) is 9.16 Å². The van der Waals surface area contributed by atoms with Gasteiger partial charge in [-0.15, -0.1) is 0 Å². The number of hydrogen-bond acceptors (Lipinski definition) is 3. The number of methoxy groups -OCH3 is 1. The Labute approximate surface area is 139 Å². The second-order valence-corrected chi connectivity index (χ2v) is 11.1. The van der Waals surface area contributed by atoms with Crippen LogP contribution in [0.5, 0.6) is 0 Å². The maximum atomic E-state index is 11.6. The molecule has 1 unspecified atom stereocenters. The molecule has 3 nitrogen and oxygen atoms in total. The van der Waals surface area contributed by atoms with Crippen LogP contribution in [-0.4, -0.2) is 21.4 Å². The van der Waals surface area contributed by atoms with Crippen molar-refractivity contribution in [3.63, 3.8) is 0 Å². The van der Waals surface area contributed by atoms with E-state index in [4.69, 9.17) is 9.16 Å². The van der Waals surface area contributed by atoms with Crippen LogP contribution in [0.15, 0.2) is 48.5 Å². The topological polar surface area (TPSA) is 35.5 Å². The lowest BCUT2D eigenvalue weighted by molar-refractivity contribution is 0.0600. The van der Waals surface area contributed by atoms with Gasteiger partial charge >= 0.3 is 5.97 Å². The molecule has 0 aliphatic heterocycles. The van der Waals surface area contributed by atoms with Gasteiger partial charge in [0.1, 0.15) is 0 Å². The van der Waals surface area contributed by atoms with Crippen molar-refractivity contribution >= 4 is 14.3 Å². The van der Waals surface area contributed by atoms with E-state index in [9.17, 15) is 4.79 Å². The van der Waals surface area contributed by atoms with Gasteiger partial charge in [-0.1, -0.05) is 42.0 Å². The minimum absolute atomic E-state index is 0.117. The van der Waals surface area contributed by atoms with Crippen molar-refractivity contribution in [2.45, 2.75) is 32.7 Å². The normalized spacial score (nSPS) is 12.7. The quantitative estimate of drug-likeness (QED) is 0.588. The third-order valence-electron chi connectivity index (χ3n) is 3.45.